The van der Waals surface area contributed by atoms with Crippen molar-refractivity contribution in [1.82, 2.24) is 9.97 Å². The fraction of sp³-hybridized carbons (Fsp3) is 0. The zero-order valence-corrected chi connectivity index (χ0v) is 10.3. The third-order valence-electron chi connectivity index (χ3n) is 2.81. The van der Waals surface area contributed by atoms with Crippen molar-refractivity contribution in [2.24, 2.45) is 0 Å². The van der Waals surface area contributed by atoms with Gasteiger partial charge in [-0.1, -0.05) is 0 Å². The van der Waals surface area contributed by atoms with Crippen LogP contribution in [-0.2, 0) is 0 Å². The number of benzene rings is 1. The van der Waals surface area contributed by atoms with Crippen LogP contribution in [0.1, 0.15) is 0 Å². The molecule has 0 bridgehead atoms. The van der Waals surface area contributed by atoms with Gasteiger partial charge in [0.05, 0.1) is 22.6 Å². The highest BCUT2D eigenvalue weighted by molar-refractivity contribution is 5.83. The standard InChI is InChI=1S/C13H7F2N3O3/c14-7-3-9-12(6-17-13(9)16-5-7)21-11-2-1-8(18(19)20)4-10(11)15/h1-6H,(H,16,17). The summed E-state index contributed by atoms with van der Waals surface area (Å²) in [7, 11) is 0. The van der Waals surface area contributed by atoms with E-state index in [9.17, 15) is 18.9 Å². The van der Waals surface area contributed by atoms with E-state index < -0.39 is 16.6 Å². The Morgan fingerprint density at radius 1 is 1.24 bits per heavy atom. The lowest BCUT2D eigenvalue weighted by molar-refractivity contribution is -0.385. The Morgan fingerprint density at radius 3 is 2.76 bits per heavy atom. The molecule has 0 aliphatic heterocycles. The molecule has 21 heavy (non-hydrogen) atoms. The molecule has 2 aromatic heterocycles. The Bertz CT molecular complexity index is 848. The highest BCUT2D eigenvalue weighted by Gasteiger charge is 2.14. The van der Waals surface area contributed by atoms with Crippen LogP contribution in [0.25, 0.3) is 11.0 Å². The lowest BCUT2D eigenvalue weighted by atomic mass is 10.3. The van der Waals surface area contributed by atoms with Gasteiger partial charge in [0.2, 0.25) is 0 Å². The third kappa shape index (κ3) is 2.38. The van der Waals surface area contributed by atoms with Gasteiger partial charge >= 0.3 is 0 Å². The molecule has 0 saturated carbocycles. The maximum atomic E-state index is 13.8. The molecule has 0 atom stereocenters. The van der Waals surface area contributed by atoms with Crippen molar-refractivity contribution < 1.29 is 18.4 Å². The number of hydrogen-bond acceptors (Lipinski definition) is 4. The van der Waals surface area contributed by atoms with E-state index in [-0.39, 0.29) is 17.2 Å². The summed E-state index contributed by atoms with van der Waals surface area (Å²) in [6.45, 7) is 0. The number of fused-ring (bicyclic) bond motifs is 1. The molecule has 0 spiro atoms. The third-order valence-corrected chi connectivity index (χ3v) is 2.81. The summed E-state index contributed by atoms with van der Waals surface area (Å²) in [4.78, 5) is 16.4. The van der Waals surface area contributed by atoms with Gasteiger partial charge in [-0.25, -0.2) is 13.8 Å². The topological polar surface area (TPSA) is 81.0 Å². The fourth-order valence-corrected chi connectivity index (χ4v) is 1.84. The Balaban J connectivity index is 1.99. The van der Waals surface area contributed by atoms with E-state index in [4.69, 9.17) is 4.74 Å². The number of nitrogens with one attached hydrogen (secondary N) is 1. The largest absolute Gasteiger partial charge is 0.452 e. The van der Waals surface area contributed by atoms with Crippen molar-refractivity contribution in [1.29, 1.82) is 0 Å². The Hall–Kier alpha value is -3.03. The molecule has 0 aliphatic carbocycles. The van der Waals surface area contributed by atoms with Crippen molar-refractivity contribution in [3.63, 3.8) is 0 Å². The number of hydrogen-bond donors (Lipinski definition) is 1. The van der Waals surface area contributed by atoms with E-state index in [1.165, 1.54) is 12.3 Å². The van der Waals surface area contributed by atoms with E-state index in [2.05, 4.69) is 9.97 Å². The average molecular weight is 291 g/mol. The number of nitro benzene ring substituents is 1. The highest BCUT2D eigenvalue weighted by atomic mass is 19.1. The van der Waals surface area contributed by atoms with E-state index >= 15 is 0 Å². The molecule has 106 valence electrons. The summed E-state index contributed by atoms with van der Waals surface area (Å²) in [6, 6.07) is 4.20. The van der Waals surface area contributed by atoms with Gasteiger partial charge in [0.25, 0.3) is 5.69 Å². The van der Waals surface area contributed by atoms with Crippen molar-refractivity contribution in [3.05, 3.63) is 58.4 Å². The first-order chi connectivity index (χ1) is 10.0. The number of ether oxygens (including phenoxy) is 1. The minimum Gasteiger partial charge on any atom is -0.452 e. The molecule has 3 rings (SSSR count). The Morgan fingerprint density at radius 2 is 2.05 bits per heavy atom. The Labute approximate surface area is 116 Å². The summed E-state index contributed by atoms with van der Waals surface area (Å²) in [5.74, 6) is -1.48. The van der Waals surface area contributed by atoms with Gasteiger partial charge in [-0.05, 0) is 12.1 Å². The predicted octanol–water partition coefficient (Wildman–Crippen LogP) is 3.54. The summed E-state index contributed by atoms with van der Waals surface area (Å²) in [6.07, 6.45) is 2.44. The summed E-state index contributed by atoms with van der Waals surface area (Å²) < 4.78 is 32.2. The maximum absolute atomic E-state index is 13.8. The van der Waals surface area contributed by atoms with Crippen LogP contribution in [-0.4, -0.2) is 14.9 Å². The minimum absolute atomic E-state index is 0.171. The van der Waals surface area contributed by atoms with Crippen molar-refractivity contribution in [2.45, 2.75) is 0 Å². The number of nitro groups is 1. The molecule has 0 saturated heterocycles. The molecular weight excluding hydrogens is 284 g/mol. The monoisotopic (exact) mass is 291 g/mol. The molecule has 3 aromatic rings. The number of aromatic nitrogens is 2. The molecule has 0 radical (unpaired) electrons. The lowest BCUT2D eigenvalue weighted by Crippen LogP contribution is -1.92. The van der Waals surface area contributed by atoms with Crippen molar-refractivity contribution >= 4 is 16.7 Å². The molecule has 0 aliphatic rings. The summed E-state index contributed by atoms with van der Waals surface area (Å²) in [5, 5.41) is 10.9. The highest BCUT2D eigenvalue weighted by Crippen LogP contribution is 2.32. The number of rotatable bonds is 3. The summed E-state index contributed by atoms with van der Waals surface area (Å²) in [5.41, 5.74) is 0.000192. The molecule has 2 heterocycles. The first-order valence-corrected chi connectivity index (χ1v) is 5.79. The van der Waals surface area contributed by atoms with Crippen LogP contribution >= 0.6 is 0 Å². The van der Waals surface area contributed by atoms with Gasteiger partial charge in [-0.3, -0.25) is 10.1 Å². The van der Waals surface area contributed by atoms with Gasteiger partial charge in [0.15, 0.2) is 17.3 Å². The Kier molecular flexibility index (Phi) is 2.98. The van der Waals surface area contributed by atoms with E-state index in [1.54, 1.807) is 0 Å². The van der Waals surface area contributed by atoms with Crippen LogP contribution in [0.5, 0.6) is 11.5 Å². The van der Waals surface area contributed by atoms with Crippen LogP contribution in [0.3, 0.4) is 0 Å². The molecule has 0 amide bonds. The maximum Gasteiger partial charge on any atom is 0.272 e. The SMILES string of the molecule is O=[N+]([O-])c1ccc(Oc2c[nH]c3ncc(F)cc23)c(F)c1. The van der Waals surface area contributed by atoms with Crippen LogP contribution in [0.4, 0.5) is 14.5 Å². The van der Waals surface area contributed by atoms with Crippen LogP contribution in [0.15, 0.2) is 36.7 Å². The smallest absolute Gasteiger partial charge is 0.272 e. The quantitative estimate of drug-likeness (QED) is 0.591. The summed E-state index contributed by atoms with van der Waals surface area (Å²) >= 11 is 0. The zero-order chi connectivity index (χ0) is 15.0. The number of nitrogens with zero attached hydrogens (tertiary/aromatic N) is 2. The van der Waals surface area contributed by atoms with Crippen LogP contribution in [0, 0.1) is 21.7 Å². The second-order valence-corrected chi connectivity index (χ2v) is 4.18. The predicted molar refractivity (Wildman–Crippen MR) is 69.2 cm³/mol. The molecule has 8 heteroatoms. The molecule has 0 unspecified atom stereocenters. The molecule has 1 N–H and O–H groups in total. The normalized spacial score (nSPS) is 10.8. The number of aromatic amines is 1. The molecule has 1 aromatic carbocycles. The van der Waals surface area contributed by atoms with Crippen LogP contribution < -0.4 is 4.74 Å². The van der Waals surface area contributed by atoms with Crippen LogP contribution in [0.2, 0.25) is 0 Å². The fourth-order valence-electron chi connectivity index (χ4n) is 1.84. The van der Waals surface area contributed by atoms with Gasteiger partial charge in [-0.15, -0.1) is 0 Å². The first-order valence-electron chi connectivity index (χ1n) is 5.79. The molecular formula is C13H7F2N3O3. The van der Waals surface area contributed by atoms with Gasteiger partial charge in [0, 0.05) is 12.3 Å². The van der Waals surface area contributed by atoms with Crippen molar-refractivity contribution in [2.75, 3.05) is 0 Å². The number of halogens is 2. The molecule has 6 nitrogen and oxygen atoms in total. The first kappa shape index (κ1) is 13.0. The minimum atomic E-state index is -0.886. The van der Waals surface area contributed by atoms with Gasteiger partial charge < -0.3 is 9.72 Å². The zero-order valence-electron chi connectivity index (χ0n) is 10.3. The van der Waals surface area contributed by atoms with Gasteiger partial charge in [0.1, 0.15) is 11.5 Å². The average Bonchev–Trinajstić information content (AvgIpc) is 2.83. The van der Waals surface area contributed by atoms with E-state index in [0.29, 0.717) is 11.0 Å². The van der Waals surface area contributed by atoms with E-state index in [0.717, 1.165) is 24.4 Å². The van der Waals surface area contributed by atoms with E-state index in [1.807, 2.05) is 0 Å². The second-order valence-electron chi connectivity index (χ2n) is 4.18. The number of non-ortho nitro benzene ring substituents is 1. The lowest BCUT2D eigenvalue weighted by Gasteiger charge is -2.05. The van der Waals surface area contributed by atoms with Crippen molar-refractivity contribution in [3.8, 4) is 11.5 Å². The van der Waals surface area contributed by atoms with Gasteiger partial charge in [-0.2, -0.15) is 0 Å². The number of pyridine rings is 1. The molecule has 0 fully saturated rings. The second kappa shape index (κ2) is 4.82. The number of H-pyrrole nitrogens is 1.